The molecular formula is C27H46N6O. The Morgan fingerprint density at radius 1 is 0.971 bits per heavy atom. The molecule has 0 spiro atoms. The van der Waals surface area contributed by atoms with E-state index in [9.17, 15) is 4.79 Å². The highest BCUT2D eigenvalue weighted by atomic mass is 16.2. The van der Waals surface area contributed by atoms with Crippen molar-refractivity contribution in [1.29, 1.82) is 0 Å². The highest BCUT2D eigenvalue weighted by Gasteiger charge is 2.29. The molecule has 1 amide bonds. The van der Waals surface area contributed by atoms with E-state index in [1.54, 1.807) is 0 Å². The van der Waals surface area contributed by atoms with Gasteiger partial charge in [-0.3, -0.25) is 9.69 Å². The van der Waals surface area contributed by atoms with Gasteiger partial charge in [-0.2, -0.15) is 4.98 Å². The van der Waals surface area contributed by atoms with Gasteiger partial charge in [-0.15, -0.1) is 0 Å². The molecule has 3 fully saturated rings. The molecule has 0 bridgehead atoms. The molecule has 0 aromatic carbocycles. The monoisotopic (exact) mass is 470 g/mol. The molecule has 4 heterocycles. The summed E-state index contributed by atoms with van der Waals surface area (Å²) < 4.78 is 0. The fourth-order valence-electron chi connectivity index (χ4n) is 5.86. The van der Waals surface area contributed by atoms with Gasteiger partial charge in [-0.05, 0) is 57.6 Å². The molecule has 0 radical (unpaired) electrons. The molecule has 3 aliphatic heterocycles. The first-order chi connectivity index (χ1) is 16.7. The standard InChI is InChI=1S/C27H46N6O/c1-2-3-6-12-26(34)32-20-14-24(15-21-32)33-19-10-7-11-23(22-33)29-27-28-16-13-25(30-27)31-17-8-4-5-9-18-31/h13,16,23-24H,2-12,14-15,17-22H2,1H3,(H,28,29,30). The minimum absolute atomic E-state index is 0.365. The molecule has 3 saturated heterocycles. The summed E-state index contributed by atoms with van der Waals surface area (Å²) >= 11 is 0. The van der Waals surface area contributed by atoms with E-state index in [0.717, 1.165) is 76.6 Å². The van der Waals surface area contributed by atoms with E-state index >= 15 is 0 Å². The number of likely N-dealkylation sites (tertiary alicyclic amines) is 2. The molecule has 190 valence electrons. The third-order valence-electron chi connectivity index (χ3n) is 7.93. The Kier molecular flexibility index (Phi) is 9.84. The average molecular weight is 471 g/mol. The molecule has 1 N–H and O–H groups in total. The zero-order chi connectivity index (χ0) is 23.6. The van der Waals surface area contributed by atoms with Crippen molar-refractivity contribution in [3.8, 4) is 0 Å². The second-order valence-corrected chi connectivity index (χ2v) is 10.5. The lowest BCUT2D eigenvalue weighted by molar-refractivity contribution is -0.132. The van der Waals surface area contributed by atoms with Gasteiger partial charge in [0.05, 0.1) is 0 Å². The Balaban J connectivity index is 1.29. The van der Waals surface area contributed by atoms with E-state index in [2.05, 4.69) is 38.0 Å². The van der Waals surface area contributed by atoms with Crippen molar-refractivity contribution >= 4 is 17.7 Å². The summed E-state index contributed by atoms with van der Waals surface area (Å²) in [5.41, 5.74) is 0. The topological polar surface area (TPSA) is 64.6 Å². The Morgan fingerprint density at radius 2 is 1.74 bits per heavy atom. The number of nitrogens with zero attached hydrogens (tertiary/aromatic N) is 5. The van der Waals surface area contributed by atoms with Crippen LogP contribution >= 0.6 is 0 Å². The first-order valence-corrected chi connectivity index (χ1v) is 14.1. The Bertz CT molecular complexity index is 742. The van der Waals surface area contributed by atoms with Gasteiger partial charge in [0, 0.05) is 57.4 Å². The summed E-state index contributed by atoms with van der Waals surface area (Å²) in [6.45, 7) is 8.46. The number of nitrogens with one attached hydrogen (secondary N) is 1. The highest BCUT2D eigenvalue weighted by Crippen LogP contribution is 2.24. The molecule has 0 saturated carbocycles. The summed E-state index contributed by atoms with van der Waals surface area (Å²) in [4.78, 5) is 29.2. The van der Waals surface area contributed by atoms with Crippen LogP contribution in [0.25, 0.3) is 0 Å². The van der Waals surface area contributed by atoms with Crippen molar-refractivity contribution in [2.24, 2.45) is 0 Å². The number of amides is 1. The molecule has 1 atom stereocenters. The van der Waals surface area contributed by atoms with E-state index < -0.39 is 0 Å². The summed E-state index contributed by atoms with van der Waals surface area (Å²) in [5.74, 6) is 2.21. The van der Waals surface area contributed by atoms with Crippen molar-refractivity contribution in [2.45, 2.75) is 102 Å². The number of anilines is 2. The van der Waals surface area contributed by atoms with Crippen LogP contribution in [0.1, 0.15) is 90.4 Å². The summed E-state index contributed by atoms with van der Waals surface area (Å²) in [5, 5.41) is 3.69. The number of carbonyl (C=O) groups excluding carboxylic acids is 1. The van der Waals surface area contributed by atoms with E-state index in [0.29, 0.717) is 18.0 Å². The quantitative estimate of drug-likeness (QED) is 0.556. The number of aromatic nitrogens is 2. The number of carbonyl (C=O) groups is 1. The molecule has 3 aliphatic rings. The van der Waals surface area contributed by atoms with Crippen LogP contribution in [0, 0.1) is 0 Å². The number of unbranched alkanes of at least 4 members (excludes halogenated alkanes) is 2. The van der Waals surface area contributed by atoms with Crippen molar-refractivity contribution in [2.75, 3.05) is 49.5 Å². The van der Waals surface area contributed by atoms with Crippen LogP contribution in [0.15, 0.2) is 12.3 Å². The summed E-state index contributed by atoms with van der Waals surface area (Å²) in [6, 6.07) is 3.04. The van der Waals surface area contributed by atoms with E-state index in [-0.39, 0.29) is 0 Å². The van der Waals surface area contributed by atoms with Gasteiger partial charge in [0.2, 0.25) is 11.9 Å². The molecule has 1 aromatic rings. The van der Waals surface area contributed by atoms with Gasteiger partial charge in [0.25, 0.3) is 0 Å². The average Bonchev–Trinajstić information content (AvgIpc) is 3.28. The van der Waals surface area contributed by atoms with Crippen molar-refractivity contribution < 1.29 is 4.79 Å². The molecular weight excluding hydrogens is 424 g/mol. The maximum atomic E-state index is 12.5. The summed E-state index contributed by atoms with van der Waals surface area (Å²) in [6.07, 6.45) is 17.1. The van der Waals surface area contributed by atoms with Crippen LogP contribution in [0.2, 0.25) is 0 Å². The van der Waals surface area contributed by atoms with Gasteiger partial charge in [0.15, 0.2) is 0 Å². The second-order valence-electron chi connectivity index (χ2n) is 10.5. The lowest BCUT2D eigenvalue weighted by Crippen LogP contribution is -2.49. The predicted molar refractivity (Wildman–Crippen MR) is 139 cm³/mol. The Hall–Kier alpha value is -1.89. The second kappa shape index (κ2) is 13.3. The maximum Gasteiger partial charge on any atom is 0.224 e. The van der Waals surface area contributed by atoms with Crippen LogP contribution in [0.5, 0.6) is 0 Å². The lowest BCUT2D eigenvalue weighted by Gasteiger charge is -2.39. The normalized spacial score (nSPS) is 23.4. The Labute approximate surface area is 206 Å². The van der Waals surface area contributed by atoms with Gasteiger partial charge < -0.3 is 15.1 Å². The van der Waals surface area contributed by atoms with E-state index in [1.807, 2.05) is 6.20 Å². The number of piperidine rings is 1. The van der Waals surface area contributed by atoms with Gasteiger partial charge in [0.1, 0.15) is 5.82 Å². The van der Waals surface area contributed by atoms with Gasteiger partial charge in [-0.25, -0.2) is 4.98 Å². The van der Waals surface area contributed by atoms with Crippen LogP contribution in [-0.2, 0) is 4.79 Å². The van der Waals surface area contributed by atoms with E-state index in [1.165, 1.54) is 57.9 Å². The minimum Gasteiger partial charge on any atom is -0.356 e. The molecule has 1 unspecified atom stereocenters. The highest BCUT2D eigenvalue weighted by molar-refractivity contribution is 5.76. The largest absolute Gasteiger partial charge is 0.356 e. The minimum atomic E-state index is 0.365. The smallest absolute Gasteiger partial charge is 0.224 e. The van der Waals surface area contributed by atoms with Gasteiger partial charge >= 0.3 is 0 Å². The first kappa shape index (κ1) is 25.2. The molecule has 7 heteroatoms. The van der Waals surface area contributed by atoms with Crippen LogP contribution in [-0.4, -0.2) is 77.0 Å². The predicted octanol–water partition coefficient (Wildman–Crippen LogP) is 4.69. The molecule has 1 aromatic heterocycles. The number of hydrogen-bond donors (Lipinski definition) is 1. The Morgan fingerprint density at radius 3 is 2.50 bits per heavy atom. The number of rotatable bonds is 8. The van der Waals surface area contributed by atoms with Crippen molar-refractivity contribution in [3.05, 3.63) is 12.3 Å². The molecule has 4 rings (SSSR count). The number of hydrogen-bond acceptors (Lipinski definition) is 6. The third-order valence-corrected chi connectivity index (χ3v) is 7.93. The maximum absolute atomic E-state index is 12.5. The fourth-order valence-corrected chi connectivity index (χ4v) is 5.86. The summed E-state index contributed by atoms with van der Waals surface area (Å²) in [7, 11) is 0. The van der Waals surface area contributed by atoms with Gasteiger partial charge in [-0.1, -0.05) is 39.0 Å². The van der Waals surface area contributed by atoms with Crippen molar-refractivity contribution in [3.63, 3.8) is 0 Å². The van der Waals surface area contributed by atoms with E-state index in [4.69, 9.17) is 4.98 Å². The first-order valence-electron chi connectivity index (χ1n) is 14.1. The molecule has 0 aliphatic carbocycles. The third kappa shape index (κ3) is 7.30. The van der Waals surface area contributed by atoms with Crippen LogP contribution in [0.4, 0.5) is 11.8 Å². The lowest BCUT2D eigenvalue weighted by atomic mass is 10.0. The molecule has 7 nitrogen and oxygen atoms in total. The SMILES string of the molecule is CCCCCC(=O)N1CCC(N2CCCCC(Nc3nccc(N4CCCCCC4)n3)C2)CC1. The fraction of sp³-hybridized carbons (Fsp3) is 0.815. The zero-order valence-corrected chi connectivity index (χ0v) is 21.4. The van der Waals surface area contributed by atoms with Crippen LogP contribution in [0.3, 0.4) is 0 Å². The van der Waals surface area contributed by atoms with Crippen molar-refractivity contribution in [1.82, 2.24) is 19.8 Å². The van der Waals surface area contributed by atoms with Crippen LogP contribution < -0.4 is 10.2 Å². The zero-order valence-electron chi connectivity index (χ0n) is 21.4. The molecule has 34 heavy (non-hydrogen) atoms.